The quantitative estimate of drug-likeness (QED) is 0.197. The number of carbonyl (C=O) groups excluding carboxylic acids is 1. The van der Waals surface area contributed by atoms with E-state index >= 15 is 0 Å². The first-order chi connectivity index (χ1) is 18.0. The molecule has 0 heterocycles. The predicted octanol–water partition coefficient (Wildman–Crippen LogP) is 6.75. The summed E-state index contributed by atoms with van der Waals surface area (Å²) in [7, 11) is 0. The molecular formula is C16H9F21O4S. The van der Waals surface area contributed by atoms with Crippen molar-refractivity contribution in [3.05, 3.63) is 0 Å². The van der Waals surface area contributed by atoms with Crippen molar-refractivity contribution in [2.45, 2.75) is 78.4 Å². The van der Waals surface area contributed by atoms with Crippen molar-refractivity contribution >= 4 is 22.8 Å². The number of hydrogen-bond donors (Lipinski definition) is 2. The summed E-state index contributed by atoms with van der Waals surface area (Å²) in [5.41, 5.74) is 0. The van der Waals surface area contributed by atoms with Gasteiger partial charge in [-0.05, 0) is 0 Å². The molecule has 0 radical (unpaired) electrons. The lowest BCUT2D eigenvalue weighted by molar-refractivity contribution is -0.474. The molecule has 0 aromatic carbocycles. The molecule has 26 heteroatoms. The van der Waals surface area contributed by atoms with Gasteiger partial charge in [0.1, 0.15) is 0 Å². The summed E-state index contributed by atoms with van der Waals surface area (Å²) >= 11 is -0.505. The van der Waals surface area contributed by atoms with Gasteiger partial charge in [0.2, 0.25) is 0 Å². The summed E-state index contributed by atoms with van der Waals surface area (Å²) in [6.07, 6.45) is -15.8. The lowest BCUT2D eigenvalue weighted by Gasteiger charge is -2.44. The smallest absolute Gasteiger partial charge is 0.460 e. The van der Waals surface area contributed by atoms with Crippen LogP contribution in [0.25, 0.3) is 0 Å². The number of aliphatic hydroxyl groups excluding tert-OH is 1. The highest BCUT2D eigenvalue weighted by Crippen LogP contribution is 2.66. The summed E-state index contributed by atoms with van der Waals surface area (Å²) in [6, 6.07) is 0. The van der Waals surface area contributed by atoms with Crippen LogP contribution >= 0.6 is 11.8 Å². The van der Waals surface area contributed by atoms with Crippen LogP contribution in [0.4, 0.5) is 92.2 Å². The van der Waals surface area contributed by atoms with E-state index in [0.717, 1.165) is 0 Å². The highest BCUT2D eigenvalue weighted by Gasteiger charge is 2.97. The Balaban J connectivity index is 6.59. The first-order valence-corrected chi connectivity index (χ1v) is 10.5. The molecule has 0 amide bonds. The number of thioether (sulfide) groups is 1. The van der Waals surface area contributed by atoms with Crippen LogP contribution in [0, 0.1) is 0 Å². The second kappa shape index (κ2) is 11.2. The Labute approximate surface area is 220 Å². The molecule has 0 aliphatic rings. The Morgan fingerprint density at radius 2 is 0.810 bits per heavy atom. The van der Waals surface area contributed by atoms with E-state index in [-0.39, 0.29) is 0 Å². The van der Waals surface area contributed by atoms with Gasteiger partial charge >= 0.3 is 65.4 Å². The van der Waals surface area contributed by atoms with Crippen LogP contribution in [0.3, 0.4) is 0 Å². The van der Waals surface area contributed by atoms with Gasteiger partial charge in [-0.25, -0.2) is 4.79 Å². The first kappa shape index (κ1) is 40.0. The molecule has 0 rings (SSSR count). The maximum absolute atomic E-state index is 13.7. The maximum atomic E-state index is 13.7. The van der Waals surface area contributed by atoms with Gasteiger partial charge in [0.15, 0.2) is 11.2 Å². The zero-order chi connectivity index (χ0) is 34.6. The summed E-state index contributed by atoms with van der Waals surface area (Å²) in [6.45, 7) is 0. The average Bonchev–Trinajstić information content (AvgIpc) is 2.79. The normalized spacial score (nSPS) is 16.4. The van der Waals surface area contributed by atoms with E-state index in [0.29, 0.717) is 0 Å². The van der Waals surface area contributed by atoms with Gasteiger partial charge in [-0.2, -0.15) is 92.2 Å². The molecule has 0 aliphatic heterocycles. The maximum Gasteiger partial charge on any atom is 0.460 e. The Hall–Kier alpha value is -2.02. The highest BCUT2D eigenvalue weighted by molar-refractivity contribution is 8.13. The van der Waals surface area contributed by atoms with Gasteiger partial charge in [0.25, 0.3) is 0 Å². The molecule has 0 saturated carbocycles. The van der Waals surface area contributed by atoms with Crippen LogP contribution in [0.2, 0.25) is 0 Å². The minimum Gasteiger partial charge on any atom is -0.479 e. The lowest BCUT2D eigenvalue weighted by Crippen LogP contribution is -2.76. The van der Waals surface area contributed by atoms with Crippen LogP contribution in [0.5, 0.6) is 0 Å². The molecule has 0 saturated heterocycles. The van der Waals surface area contributed by atoms with E-state index in [1.807, 2.05) is 0 Å². The summed E-state index contributed by atoms with van der Waals surface area (Å²) in [5, 5.41) is 15.2. The molecule has 4 nitrogen and oxygen atoms in total. The van der Waals surface area contributed by atoms with Gasteiger partial charge in [-0.1, -0.05) is 11.8 Å². The van der Waals surface area contributed by atoms with Crippen molar-refractivity contribution in [3.8, 4) is 0 Å². The van der Waals surface area contributed by atoms with E-state index in [9.17, 15) is 102 Å². The SMILES string of the molecule is O=C(CCC(F)(F)C(F)(F)C(F)(F)C(F)(F)C(F)(F)C(F)(F)C(F)(F)C(F)(F)C(F)(F)C(F)(F)F)SCC(O)C(=O)O. The zero-order valence-electron chi connectivity index (χ0n) is 18.8. The molecule has 2 N–H and O–H groups in total. The topological polar surface area (TPSA) is 74.6 Å². The number of halogens is 21. The number of rotatable bonds is 14. The third-order valence-corrected chi connectivity index (χ3v) is 5.91. The number of hydrogen-bond acceptors (Lipinski definition) is 4. The van der Waals surface area contributed by atoms with Crippen molar-refractivity contribution in [1.82, 2.24) is 0 Å². The Kier molecular flexibility index (Phi) is 10.6. The fourth-order valence-electron chi connectivity index (χ4n) is 2.32. The molecule has 0 aromatic rings. The van der Waals surface area contributed by atoms with E-state index in [1.54, 1.807) is 0 Å². The lowest BCUT2D eigenvalue weighted by atomic mass is 9.85. The largest absolute Gasteiger partial charge is 0.479 e. The minimum absolute atomic E-state index is 0.505. The number of alkyl halides is 21. The third kappa shape index (κ3) is 5.88. The van der Waals surface area contributed by atoms with Crippen molar-refractivity contribution in [2.75, 3.05) is 5.75 Å². The third-order valence-electron chi connectivity index (χ3n) is 4.91. The highest BCUT2D eigenvalue weighted by atomic mass is 32.2. The van der Waals surface area contributed by atoms with Crippen molar-refractivity contribution in [2.24, 2.45) is 0 Å². The first-order valence-electron chi connectivity index (χ1n) is 9.51. The second-order valence-electron chi connectivity index (χ2n) is 7.83. The number of aliphatic hydroxyl groups is 1. The molecule has 0 bridgehead atoms. The van der Waals surface area contributed by atoms with Gasteiger partial charge in [0.05, 0.1) is 0 Å². The van der Waals surface area contributed by atoms with Crippen LogP contribution in [-0.2, 0) is 9.59 Å². The molecule has 0 aromatic heterocycles. The molecule has 42 heavy (non-hydrogen) atoms. The van der Waals surface area contributed by atoms with Crippen LogP contribution < -0.4 is 0 Å². The molecular weight excluding hydrogens is 687 g/mol. The van der Waals surface area contributed by atoms with Gasteiger partial charge in [-0.15, -0.1) is 0 Å². The standard InChI is InChI=1S/C16H9F21O4S/c17-7(18,2-1-5(39)42-3-4(38)6(40)41)8(19,20)9(21,22)10(23,24)11(25,26)12(27,28)13(29,30)14(31,32)15(33,34)16(35,36)37/h4,38H,1-3H2,(H,40,41). The van der Waals surface area contributed by atoms with Crippen LogP contribution in [0.15, 0.2) is 0 Å². The fourth-order valence-corrected chi connectivity index (χ4v) is 3.05. The van der Waals surface area contributed by atoms with Crippen molar-refractivity contribution in [3.63, 3.8) is 0 Å². The molecule has 1 atom stereocenters. The monoisotopic (exact) mass is 696 g/mol. The Morgan fingerprint density at radius 3 is 1.10 bits per heavy atom. The van der Waals surface area contributed by atoms with E-state index in [4.69, 9.17) is 10.2 Å². The molecule has 1 unspecified atom stereocenters. The Bertz CT molecular complexity index is 1000. The Morgan fingerprint density at radius 1 is 0.524 bits per heavy atom. The number of carbonyl (C=O) groups is 2. The average molecular weight is 696 g/mol. The van der Waals surface area contributed by atoms with Gasteiger partial charge < -0.3 is 10.2 Å². The molecule has 0 aliphatic carbocycles. The van der Waals surface area contributed by atoms with E-state index in [2.05, 4.69) is 0 Å². The van der Waals surface area contributed by atoms with Crippen LogP contribution in [-0.4, -0.2) is 92.6 Å². The minimum atomic E-state index is -9.27. The summed E-state index contributed by atoms with van der Waals surface area (Å²) in [4.78, 5) is 21.6. The van der Waals surface area contributed by atoms with Crippen LogP contribution in [0.1, 0.15) is 12.8 Å². The predicted molar refractivity (Wildman–Crippen MR) is 90.9 cm³/mol. The molecule has 0 fully saturated rings. The number of carboxylic acid groups (broad SMARTS) is 1. The van der Waals surface area contributed by atoms with Crippen molar-refractivity contribution < 1.29 is 112 Å². The zero-order valence-corrected chi connectivity index (χ0v) is 19.6. The number of aliphatic carboxylic acids is 1. The second-order valence-corrected chi connectivity index (χ2v) is 8.91. The van der Waals surface area contributed by atoms with E-state index in [1.165, 1.54) is 0 Å². The fraction of sp³-hybridized carbons (Fsp3) is 0.875. The van der Waals surface area contributed by atoms with E-state index < -0.39 is 107 Å². The van der Waals surface area contributed by atoms with Crippen molar-refractivity contribution in [1.29, 1.82) is 0 Å². The van der Waals surface area contributed by atoms with Gasteiger partial charge in [-0.3, -0.25) is 4.79 Å². The number of carboxylic acids is 1. The summed E-state index contributed by atoms with van der Waals surface area (Å²) in [5.74, 6) is -81.4. The molecule has 250 valence electrons. The van der Waals surface area contributed by atoms with Gasteiger partial charge in [0, 0.05) is 18.6 Å². The summed E-state index contributed by atoms with van der Waals surface area (Å²) < 4.78 is 279. The molecule has 0 spiro atoms.